The Balaban J connectivity index is 2.05. The van der Waals surface area contributed by atoms with E-state index in [4.69, 9.17) is 5.10 Å². The number of piperazine rings is 1. The van der Waals surface area contributed by atoms with Crippen LogP contribution in [0.25, 0.3) is 5.69 Å². The third-order valence-electron chi connectivity index (χ3n) is 5.51. The summed E-state index contributed by atoms with van der Waals surface area (Å²) in [4.78, 5) is 17.2. The molecule has 1 aromatic carbocycles. The molecule has 1 aliphatic rings. The van der Waals surface area contributed by atoms with E-state index in [2.05, 4.69) is 46.8 Å². The van der Waals surface area contributed by atoms with E-state index < -0.39 is 0 Å². The zero-order chi connectivity index (χ0) is 19.6. The molecule has 5 nitrogen and oxygen atoms in total. The molecule has 1 N–H and O–H groups in total. The molecule has 0 unspecified atom stereocenters. The molecule has 0 spiro atoms. The monoisotopic (exact) mass is 369 g/mol. The molecule has 0 atom stereocenters. The average molecular weight is 370 g/mol. The summed E-state index contributed by atoms with van der Waals surface area (Å²) in [6, 6.07) is 10.2. The first-order chi connectivity index (χ1) is 12.9. The molecule has 146 valence electrons. The van der Waals surface area contributed by atoms with Crippen molar-refractivity contribution in [2.75, 3.05) is 32.7 Å². The van der Waals surface area contributed by atoms with Crippen LogP contribution >= 0.6 is 0 Å². The predicted molar refractivity (Wildman–Crippen MR) is 109 cm³/mol. The standard InChI is InChI=1S/C22H32N4O/c1-6-24-12-14-25(15-13-24)22(27)19-20(16(2)3)23-26(21(19)17(4)5)18-10-8-7-9-11-18/h7-11,16-17H,6,12-15H2,1-5H3/p+1. The third-order valence-corrected chi connectivity index (χ3v) is 5.51. The van der Waals surface area contributed by atoms with Crippen LogP contribution in [0.4, 0.5) is 0 Å². The van der Waals surface area contributed by atoms with Crippen LogP contribution in [0, 0.1) is 0 Å². The maximum Gasteiger partial charge on any atom is 0.258 e. The van der Waals surface area contributed by atoms with Crippen LogP contribution in [0.1, 0.15) is 68.2 Å². The Labute approximate surface area is 163 Å². The number of rotatable bonds is 5. The number of nitrogens with zero attached hydrogens (tertiary/aromatic N) is 3. The highest BCUT2D eigenvalue weighted by Crippen LogP contribution is 2.31. The summed E-state index contributed by atoms with van der Waals surface area (Å²) >= 11 is 0. The number of carbonyl (C=O) groups excluding carboxylic acids is 1. The molecule has 1 fully saturated rings. The summed E-state index contributed by atoms with van der Waals surface area (Å²) in [5, 5.41) is 4.91. The largest absolute Gasteiger partial charge is 0.332 e. The topological polar surface area (TPSA) is 42.6 Å². The van der Waals surface area contributed by atoms with E-state index in [1.165, 1.54) is 0 Å². The molecular weight excluding hydrogens is 336 g/mol. The Morgan fingerprint density at radius 3 is 2.22 bits per heavy atom. The number of para-hydroxylation sites is 1. The van der Waals surface area contributed by atoms with Gasteiger partial charge in [-0.05, 0) is 30.9 Å². The predicted octanol–water partition coefficient (Wildman–Crippen LogP) is 2.48. The van der Waals surface area contributed by atoms with E-state index in [0.29, 0.717) is 0 Å². The molecule has 1 saturated heterocycles. The minimum Gasteiger partial charge on any atom is -0.332 e. The van der Waals surface area contributed by atoms with E-state index in [1.54, 1.807) is 4.90 Å². The van der Waals surface area contributed by atoms with Gasteiger partial charge >= 0.3 is 0 Å². The van der Waals surface area contributed by atoms with E-state index in [9.17, 15) is 4.79 Å². The minimum absolute atomic E-state index is 0.153. The van der Waals surface area contributed by atoms with Crippen molar-refractivity contribution >= 4 is 5.91 Å². The molecule has 0 radical (unpaired) electrons. The summed E-state index contributed by atoms with van der Waals surface area (Å²) in [6.45, 7) is 15.6. The minimum atomic E-state index is 0.153. The number of carbonyl (C=O) groups is 1. The van der Waals surface area contributed by atoms with Gasteiger partial charge in [-0.15, -0.1) is 0 Å². The second-order valence-corrected chi connectivity index (χ2v) is 8.10. The Bertz CT molecular complexity index is 771. The Morgan fingerprint density at radius 1 is 1.07 bits per heavy atom. The van der Waals surface area contributed by atoms with Gasteiger partial charge in [0.05, 0.1) is 55.4 Å². The summed E-state index contributed by atoms with van der Waals surface area (Å²) in [7, 11) is 0. The van der Waals surface area contributed by atoms with Gasteiger partial charge in [0.2, 0.25) is 0 Å². The fourth-order valence-electron chi connectivity index (χ4n) is 3.91. The third kappa shape index (κ3) is 3.93. The SMILES string of the molecule is CC[NH+]1CCN(C(=O)c2c(C(C)C)nn(-c3ccccc3)c2C(C)C)CC1. The highest BCUT2D eigenvalue weighted by atomic mass is 16.2. The second kappa shape index (κ2) is 8.26. The van der Waals surface area contributed by atoms with Gasteiger partial charge in [0.15, 0.2) is 0 Å². The summed E-state index contributed by atoms with van der Waals surface area (Å²) < 4.78 is 1.99. The van der Waals surface area contributed by atoms with Gasteiger partial charge in [-0.3, -0.25) is 4.79 Å². The molecule has 2 aromatic rings. The summed E-state index contributed by atoms with van der Waals surface area (Å²) in [5.74, 6) is 0.570. The van der Waals surface area contributed by atoms with Gasteiger partial charge in [-0.1, -0.05) is 45.9 Å². The van der Waals surface area contributed by atoms with Gasteiger partial charge in [-0.25, -0.2) is 4.68 Å². The van der Waals surface area contributed by atoms with Crippen molar-refractivity contribution in [3.63, 3.8) is 0 Å². The van der Waals surface area contributed by atoms with Gasteiger partial charge in [0.25, 0.3) is 5.91 Å². The van der Waals surface area contributed by atoms with Crippen molar-refractivity contribution in [3.8, 4) is 5.69 Å². The number of nitrogens with one attached hydrogen (secondary N) is 1. The van der Waals surface area contributed by atoms with E-state index >= 15 is 0 Å². The van der Waals surface area contributed by atoms with E-state index in [0.717, 1.165) is 55.4 Å². The van der Waals surface area contributed by atoms with Crippen molar-refractivity contribution < 1.29 is 9.69 Å². The number of aromatic nitrogens is 2. The lowest BCUT2D eigenvalue weighted by molar-refractivity contribution is -0.902. The van der Waals surface area contributed by atoms with Crippen LogP contribution in [0.3, 0.4) is 0 Å². The molecule has 0 aliphatic carbocycles. The highest BCUT2D eigenvalue weighted by Gasteiger charge is 2.32. The molecule has 0 bridgehead atoms. The fourth-order valence-corrected chi connectivity index (χ4v) is 3.91. The average Bonchev–Trinajstić information content (AvgIpc) is 3.09. The number of amides is 1. The molecule has 1 aromatic heterocycles. The number of likely N-dealkylation sites (N-methyl/N-ethyl adjacent to an activating group) is 1. The maximum absolute atomic E-state index is 13.6. The Kier molecular flexibility index (Phi) is 6.00. The summed E-state index contributed by atoms with van der Waals surface area (Å²) in [5.41, 5.74) is 3.78. The quantitative estimate of drug-likeness (QED) is 0.880. The molecule has 2 heterocycles. The lowest BCUT2D eigenvalue weighted by Gasteiger charge is -2.32. The number of hydrogen-bond acceptors (Lipinski definition) is 2. The van der Waals surface area contributed by atoms with Crippen molar-refractivity contribution in [3.05, 3.63) is 47.3 Å². The molecular formula is C22H33N4O+. The van der Waals surface area contributed by atoms with Crippen molar-refractivity contribution in [2.45, 2.75) is 46.5 Å². The second-order valence-electron chi connectivity index (χ2n) is 8.10. The normalized spacial score (nSPS) is 15.7. The molecule has 27 heavy (non-hydrogen) atoms. The Hall–Kier alpha value is -2.14. The molecule has 3 rings (SSSR count). The van der Waals surface area contributed by atoms with Gasteiger partial charge in [-0.2, -0.15) is 5.10 Å². The van der Waals surface area contributed by atoms with E-state index in [-0.39, 0.29) is 17.7 Å². The van der Waals surface area contributed by atoms with Gasteiger partial charge < -0.3 is 9.80 Å². The fraction of sp³-hybridized carbons (Fsp3) is 0.545. The number of benzene rings is 1. The highest BCUT2D eigenvalue weighted by molar-refractivity contribution is 5.97. The molecule has 1 aliphatic heterocycles. The first kappa shape index (κ1) is 19.6. The van der Waals surface area contributed by atoms with Crippen LogP contribution in [-0.4, -0.2) is 53.3 Å². The zero-order valence-corrected chi connectivity index (χ0v) is 17.3. The van der Waals surface area contributed by atoms with Crippen molar-refractivity contribution in [1.82, 2.24) is 14.7 Å². The molecule has 0 saturated carbocycles. The first-order valence-corrected chi connectivity index (χ1v) is 10.2. The van der Waals surface area contributed by atoms with Crippen LogP contribution in [0.5, 0.6) is 0 Å². The summed E-state index contributed by atoms with van der Waals surface area (Å²) in [6.07, 6.45) is 0. The van der Waals surface area contributed by atoms with Gasteiger partial charge in [0, 0.05) is 0 Å². The smallest absolute Gasteiger partial charge is 0.258 e. The maximum atomic E-state index is 13.6. The van der Waals surface area contributed by atoms with Crippen molar-refractivity contribution in [1.29, 1.82) is 0 Å². The van der Waals surface area contributed by atoms with Crippen molar-refractivity contribution in [2.24, 2.45) is 0 Å². The van der Waals surface area contributed by atoms with E-state index in [1.807, 2.05) is 27.8 Å². The number of hydrogen-bond donors (Lipinski definition) is 1. The zero-order valence-electron chi connectivity index (χ0n) is 17.3. The van der Waals surface area contributed by atoms with Crippen LogP contribution in [-0.2, 0) is 0 Å². The number of quaternary nitrogens is 1. The lowest BCUT2D eigenvalue weighted by atomic mass is 9.97. The van der Waals surface area contributed by atoms with Crippen LogP contribution in [0.2, 0.25) is 0 Å². The molecule has 1 amide bonds. The van der Waals surface area contributed by atoms with Gasteiger partial charge in [0.1, 0.15) is 0 Å². The van der Waals surface area contributed by atoms with Crippen LogP contribution in [0.15, 0.2) is 30.3 Å². The Morgan fingerprint density at radius 2 is 1.70 bits per heavy atom. The molecule has 5 heteroatoms. The first-order valence-electron chi connectivity index (χ1n) is 10.2. The van der Waals surface area contributed by atoms with Crippen LogP contribution < -0.4 is 4.90 Å². The lowest BCUT2D eigenvalue weighted by Crippen LogP contribution is -3.14.